The number of phenolic OH excluding ortho intramolecular Hbond substituents is 1. The van der Waals surface area contributed by atoms with Gasteiger partial charge < -0.3 is 10.2 Å². The molecule has 0 unspecified atom stereocenters. The second-order valence-corrected chi connectivity index (χ2v) is 3.14. The zero-order valence-electron chi connectivity index (χ0n) is 9.01. The Morgan fingerprint density at radius 3 is 2.22 bits per heavy atom. The maximum absolute atomic E-state index is 12.5. The molecule has 1 aromatic heterocycles. The molecule has 92 valence electrons. The fourth-order valence-electron chi connectivity index (χ4n) is 0.995. The molecule has 0 saturated carbocycles. The summed E-state index contributed by atoms with van der Waals surface area (Å²) in [7, 11) is 0. The van der Waals surface area contributed by atoms with Crippen molar-refractivity contribution in [1.29, 1.82) is 5.26 Å². The van der Waals surface area contributed by atoms with E-state index in [1.807, 2.05) is 0 Å². The van der Waals surface area contributed by atoms with Gasteiger partial charge in [-0.3, -0.25) is 4.98 Å². The monoisotopic (exact) mass is 250 g/mol. The number of benzene rings is 1. The van der Waals surface area contributed by atoms with Crippen molar-refractivity contribution in [3.05, 3.63) is 53.9 Å². The first kappa shape index (κ1) is 13.4. The van der Waals surface area contributed by atoms with Crippen LogP contribution in [0, 0.1) is 23.0 Å². The summed E-state index contributed by atoms with van der Waals surface area (Å²) in [5, 5.41) is 25.4. The number of halogens is 2. The van der Waals surface area contributed by atoms with Crippen molar-refractivity contribution in [2.75, 3.05) is 0 Å². The lowest BCUT2D eigenvalue weighted by Gasteiger charge is -1.92. The highest BCUT2D eigenvalue weighted by Crippen LogP contribution is 2.13. The van der Waals surface area contributed by atoms with Crippen LogP contribution < -0.4 is 0 Å². The standard InChI is InChI=1S/C7H4FNO.C5H4FNO/c8-7-3-6(10)2-1-5(7)4-9;6-4-1-5(8)3-7-2-4/h1-3,10H;1-3,8H. The Morgan fingerprint density at radius 1 is 1.06 bits per heavy atom. The Kier molecular flexibility index (Phi) is 4.58. The number of nitrogens with zero attached hydrogens (tertiary/aromatic N) is 2. The van der Waals surface area contributed by atoms with Gasteiger partial charge in [-0.15, -0.1) is 0 Å². The third-order valence-electron chi connectivity index (χ3n) is 1.76. The largest absolute Gasteiger partial charge is 0.508 e. The molecule has 0 fully saturated rings. The summed E-state index contributed by atoms with van der Waals surface area (Å²) in [6.45, 7) is 0. The first-order valence-electron chi connectivity index (χ1n) is 4.71. The minimum absolute atomic E-state index is 0.0576. The van der Waals surface area contributed by atoms with Crippen molar-refractivity contribution in [3.63, 3.8) is 0 Å². The van der Waals surface area contributed by atoms with E-state index >= 15 is 0 Å². The van der Waals surface area contributed by atoms with Crippen LogP contribution in [0.25, 0.3) is 0 Å². The Hall–Kier alpha value is -2.68. The van der Waals surface area contributed by atoms with Gasteiger partial charge >= 0.3 is 0 Å². The Balaban J connectivity index is 0.000000184. The SMILES string of the molecule is N#Cc1ccc(O)cc1F.Oc1cncc(F)c1. The average molecular weight is 250 g/mol. The predicted molar refractivity (Wildman–Crippen MR) is 58.6 cm³/mol. The van der Waals surface area contributed by atoms with Gasteiger partial charge in [-0.25, -0.2) is 8.78 Å². The average Bonchev–Trinajstić information content (AvgIpc) is 2.29. The third kappa shape index (κ3) is 4.06. The highest BCUT2D eigenvalue weighted by atomic mass is 19.1. The Morgan fingerprint density at radius 2 is 1.78 bits per heavy atom. The molecular formula is C12H8F2N2O2. The van der Waals surface area contributed by atoms with Crippen LogP contribution in [0.2, 0.25) is 0 Å². The van der Waals surface area contributed by atoms with E-state index in [9.17, 15) is 8.78 Å². The van der Waals surface area contributed by atoms with Crippen molar-refractivity contribution in [2.45, 2.75) is 0 Å². The van der Waals surface area contributed by atoms with Gasteiger partial charge in [-0.2, -0.15) is 5.26 Å². The van der Waals surface area contributed by atoms with Crippen molar-refractivity contribution in [2.24, 2.45) is 0 Å². The molecule has 2 N–H and O–H groups in total. The van der Waals surface area contributed by atoms with E-state index in [0.29, 0.717) is 0 Å². The normalized spacial score (nSPS) is 8.94. The number of nitriles is 1. The summed E-state index contributed by atoms with van der Waals surface area (Å²) in [4.78, 5) is 3.36. The smallest absolute Gasteiger partial charge is 0.145 e. The minimum atomic E-state index is -0.692. The van der Waals surface area contributed by atoms with Crippen LogP contribution in [0.5, 0.6) is 11.5 Å². The van der Waals surface area contributed by atoms with Crippen molar-refractivity contribution in [3.8, 4) is 17.6 Å². The van der Waals surface area contributed by atoms with Gasteiger partial charge in [0.2, 0.25) is 0 Å². The lowest BCUT2D eigenvalue weighted by molar-refractivity contribution is 0.465. The van der Waals surface area contributed by atoms with E-state index in [2.05, 4.69) is 4.98 Å². The van der Waals surface area contributed by atoms with Gasteiger partial charge in [-0.05, 0) is 12.1 Å². The molecule has 1 aromatic carbocycles. The molecule has 0 aliphatic rings. The van der Waals surface area contributed by atoms with E-state index in [-0.39, 0.29) is 17.1 Å². The maximum atomic E-state index is 12.5. The van der Waals surface area contributed by atoms with Crippen molar-refractivity contribution < 1.29 is 19.0 Å². The Bertz CT molecular complexity index is 565. The number of aromatic hydroxyl groups is 2. The first-order chi connectivity index (χ1) is 8.52. The topological polar surface area (TPSA) is 77.1 Å². The molecule has 0 radical (unpaired) electrons. The van der Waals surface area contributed by atoms with E-state index < -0.39 is 11.6 Å². The first-order valence-corrected chi connectivity index (χ1v) is 4.71. The van der Waals surface area contributed by atoms with Gasteiger partial charge in [0.05, 0.1) is 18.0 Å². The van der Waals surface area contributed by atoms with Crippen LogP contribution in [-0.2, 0) is 0 Å². The van der Waals surface area contributed by atoms with Crippen LogP contribution in [0.4, 0.5) is 8.78 Å². The van der Waals surface area contributed by atoms with Crippen LogP contribution in [0.3, 0.4) is 0 Å². The molecule has 18 heavy (non-hydrogen) atoms. The second kappa shape index (κ2) is 6.15. The molecule has 4 nitrogen and oxygen atoms in total. The fraction of sp³-hybridized carbons (Fsp3) is 0. The highest BCUT2D eigenvalue weighted by Gasteiger charge is 1.99. The van der Waals surface area contributed by atoms with E-state index in [1.165, 1.54) is 18.3 Å². The van der Waals surface area contributed by atoms with Gasteiger partial charge in [0.25, 0.3) is 0 Å². The van der Waals surface area contributed by atoms with E-state index in [4.69, 9.17) is 15.5 Å². The summed E-state index contributed by atoms with van der Waals surface area (Å²) < 4.78 is 24.4. The number of rotatable bonds is 0. The van der Waals surface area contributed by atoms with Gasteiger partial charge in [-0.1, -0.05) is 0 Å². The van der Waals surface area contributed by atoms with Crippen LogP contribution in [0.1, 0.15) is 5.56 Å². The van der Waals surface area contributed by atoms with Crippen LogP contribution in [-0.4, -0.2) is 15.2 Å². The van der Waals surface area contributed by atoms with Gasteiger partial charge in [0.1, 0.15) is 29.2 Å². The molecule has 0 amide bonds. The second-order valence-electron chi connectivity index (χ2n) is 3.14. The molecule has 0 atom stereocenters. The summed E-state index contributed by atoms with van der Waals surface area (Å²) in [5.41, 5.74) is -0.0576. The third-order valence-corrected chi connectivity index (χ3v) is 1.76. The molecule has 1 heterocycles. The van der Waals surface area contributed by atoms with Gasteiger partial charge in [0, 0.05) is 12.1 Å². The molecule has 6 heteroatoms. The van der Waals surface area contributed by atoms with Crippen molar-refractivity contribution >= 4 is 0 Å². The molecular weight excluding hydrogens is 242 g/mol. The molecule has 0 bridgehead atoms. The maximum Gasteiger partial charge on any atom is 0.145 e. The summed E-state index contributed by atoms with van der Waals surface area (Å²) in [5.74, 6) is -1.53. The predicted octanol–water partition coefficient (Wildman–Crippen LogP) is 2.33. The van der Waals surface area contributed by atoms with Crippen LogP contribution in [0.15, 0.2) is 36.7 Å². The van der Waals surface area contributed by atoms with Crippen molar-refractivity contribution in [1.82, 2.24) is 4.98 Å². The van der Waals surface area contributed by atoms with Crippen LogP contribution >= 0.6 is 0 Å². The molecule has 0 saturated heterocycles. The summed E-state index contributed by atoms with van der Waals surface area (Å²) in [6, 6.07) is 6.02. The molecule has 2 aromatic rings. The number of pyridine rings is 1. The minimum Gasteiger partial charge on any atom is -0.508 e. The Labute approximate surface area is 101 Å². The zero-order chi connectivity index (χ0) is 13.5. The number of hydrogen-bond donors (Lipinski definition) is 2. The zero-order valence-corrected chi connectivity index (χ0v) is 9.01. The molecule has 0 aliphatic carbocycles. The fourth-order valence-corrected chi connectivity index (χ4v) is 0.995. The highest BCUT2D eigenvalue weighted by molar-refractivity contribution is 5.35. The van der Waals surface area contributed by atoms with Gasteiger partial charge in [0.15, 0.2) is 0 Å². The lowest BCUT2D eigenvalue weighted by atomic mass is 10.2. The molecule has 0 aliphatic heterocycles. The number of hydrogen-bond acceptors (Lipinski definition) is 4. The van der Waals surface area contributed by atoms with E-state index in [0.717, 1.165) is 18.3 Å². The molecule has 2 rings (SSSR count). The number of aromatic nitrogens is 1. The van der Waals surface area contributed by atoms with E-state index in [1.54, 1.807) is 6.07 Å². The summed E-state index contributed by atoms with van der Waals surface area (Å²) >= 11 is 0. The lowest BCUT2D eigenvalue weighted by Crippen LogP contribution is -1.80. The number of phenols is 1. The molecule has 0 spiro atoms. The quantitative estimate of drug-likeness (QED) is 0.752. The summed E-state index contributed by atoms with van der Waals surface area (Å²) in [6.07, 6.45) is 2.20.